The SMILES string of the molecule is CCCCC/C=C/C/C=C/C/C=C/C/C=C/CCCCCC(=O)OC[C@@H](COC(=O)CCCCCCCCCCCCCCC)OC(=O)CCCCCCCCCCCCCCCCCCCC. The summed E-state index contributed by atoms with van der Waals surface area (Å²) in [5.74, 6) is -0.893. The minimum atomic E-state index is -0.782. The molecule has 0 saturated heterocycles. The molecule has 0 radical (unpaired) electrons. The van der Waals surface area contributed by atoms with E-state index in [1.54, 1.807) is 0 Å². The van der Waals surface area contributed by atoms with Gasteiger partial charge >= 0.3 is 17.9 Å². The van der Waals surface area contributed by atoms with Crippen LogP contribution in [0.5, 0.6) is 0 Å². The Labute approximate surface area is 422 Å². The molecule has 0 N–H and O–H groups in total. The van der Waals surface area contributed by atoms with Crippen LogP contribution in [0, 0.1) is 0 Å². The Bertz CT molecular complexity index is 1190. The zero-order valence-electron chi connectivity index (χ0n) is 45.4. The van der Waals surface area contributed by atoms with Gasteiger partial charge in [-0.05, 0) is 64.2 Å². The van der Waals surface area contributed by atoms with Crippen molar-refractivity contribution < 1.29 is 28.6 Å². The molecule has 0 saturated carbocycles. The van der Waals surface area contributed by atoms with Gasteiger partial charge in [0.15, 0.2) is 6.10 Å². The van der Waals surface area contributed by atoms with Crippen LogP contribution in [-0.4, -0.2) is 37.2 Å². The van der Waals surface area contributed by atoms with Gasteiger partial charge < -0.3 is 14.2 Å². The Morgan fingerprint density at radius 3 is 0.853 bits per heavy atom. The van der Waals surface area contributed by atoms with Crippen molar-refractivity contribution >= 4 is 17.9 Å². The van der Waals surface area contributed by atoms with Crippen LogP contribution in [-0.2, 0) is 28.6 Å². The molecule has 0 aromatic carbocycles. The van der Waals surface area contributed by atoms with Crippen LogP contribution < -0.4 is 0 Å². The summed E-state index contributed by atoms with van der Waals surface area (Å²) >= 11 is 0. The molecule has 0 aliphatic carbocycles. The minimum absolute atomic E-state index is 0.0789. The number of rotatable bonds is 54. The van der Waals surface area contributed by atoms with Gasteiger partial charge in [-0.3, -0.25) is 14.4 Å². The molecule has 0 heterocycles. The number of unbranched alkanes of at least 4 members (excludes halogenated alkanes) is 35. The van der Waals surface area contributed by atoms with Gasteiger partial charge in [0.2, 0.25) is 0 Å². The number of esters is 3. The molecule has 0 spiro atoms. The molecule has 396 valence electrons. The van der Waals surface area contributed by atoms with Crippen LogP contribution in [0.1, 0.15) is 310 Å². The maximum atomic E-state index is 12.9. The van der Waals surface area contributed by atoms with E-state index < -0.39 is 6.10 Å². The molecule has 0 aromatic rings. The molecule has 1 atom stereocenters. The molecule has 0 aliphatic rings. The van der Waals surface area contributed by atoms with E-state index in [-0.39, 0.29) is 31.1 Å². The third-order valence-electron chi connectivity index (χ3n) is 13.1. The fourth-order valence-corrected chi connectivity index (χ4v) is 8.60. The average molecular weight is 954 g/mol. The maximum absolute atomic E-state index is 12.9. The summed E-state index contributed by atoms with van der Waals surface area (Å²) in [4.78, 5) is 38.2. The Kier molecular flexibility index (Phi) is 54.8. The highest BCUT2D eigenvalue weighted by Gasteiger charge is 2.19. The van der Waals surface area contributed by atoms with Crippen molar-refractivity contribution in [2.45, 2.75) is 316 Å². The minimum Gasteiger partial charge on any atom is -0.462 e. The topological polar surface area (TPSA) is 78.9 Å². The van der Waals surface area contributed by atoms with Crippen LogP contribution in [0.2, 0.25) is 0 Å². The molecular formula is C62H112O6. The summed E-state index contributed by atoms with van der Waals surface area (Å²) in [6, 6.07) is 0. The van der Waals surface area contributed by atoms with Gasteiger partial charge in [0.1, 0.15) is 13.2 Å². The largest absolute Gasteiger partial charge is 0.462 e. The summed E-state index contributed by atoms with van der Waals surface area (Å²) in [7, 11) is 0. The van der Waals surface area contributed by atoms with Crippen molar-refractivity contribution in [1.29, 1.82) is 0 Å². The quantitative estimate of drug-likeness (QED) is 0.0262. The lowest BCUT2D eigenvalue weighted by Crippen LogP contribution is -2.30. The van der Waals surface area contributed by atoms with E-state index in [0.29, 0.717) is 19.3 Å². The second-order valence-corrected chi connectivity index (χ2v) is 19.9. The molecule has 0 amide bonds. The van der Waals surface area contributed by atoms with Crippen LogP contribution in [0.25, 0.3) is 0 Å². The van der Waals surface area contributed by atoms with Crippen LogP contribution >= 0.6 is 0 Å². The molecule has 0 fully saturated rings. The molecule has 6 heteroatoms. The summed E-state index contributed by atoms with van der Waals surface area (Å²) in [6.07, 6.45) is 69.6. The Morgan fingerprint density at radius 1 is 0.294 bits per heavy atom. The van der Waals surface area contributed by atoms with E-state index in [4.69, 9.17) is 14.2 Å². The highest BCUT2D eigenvalue weighted by Crippen LogP contribution is 2.17. The molecule has 6 nitrogen and oxygen atoms in total. The van der Waals surface area contributed by atoms with E-state index in [1.165, 1.54) is 186 Å². The number of ether oxygens (including phenoxy) is 3. The maximum Gasteiger partial charge on any atom is 0.306 e. The Morgan fingerprint density at radius 2 is 0.529 bits per heavy atom. The molecule has 0 rings (SSSR count). The molecule has 68 heavy (non-hydrogen) atoms. The van der Waals surface area contributed by atoms with Gasteiger partial charge in [0.05, 0.1) is 0 Å². The first kappa shape index (κ1) is 65.4. The van der Waals surface area contributed by atoms with Gasteiger partial charge in [-0.2, -0.15) is 0 Å². The van der Waals surface area contributed by atoms with E-state index in [2.05, 4.69) is 69.4 Å². The van der Waals surface area contributed by atoms with Gasteiger partial charge in [0, 0.05) is 19.3 Å². The Hall–Kier alpha value is -2.63. The van der Waals surface area contributed by atoms with Gasteiger partial charge in [-0.25, -0.2) is 0 Å². The standard InChI is InChI=1S/C62H112O6/c1-4-7-10-13-16-19-22-25-27-29-31-33-34-37-40-43-46-49-52-55-61(64)67-58-59(57-66-60(63)54-51-48-45-42-39-36-24-21-18-15-12-9-6-3)68-62(65)56-53-50-47-44-41-38-35-32-30-28-26-23-20-17-14-11-8-5-2/h16,19,25,27,31,33,37,40,59H,4-15,17-18,20-24,26,28-30,32,34-36,38-39,41-58H2,1-3H3/b19-16+,27-25+,33-31+,40-37+/t59-/m1/s1. The molecule has 0 aromatic heterocycles. The zero-order valence-corrected chi connectivity index (χ0v) is 45.4. The highest BCUT2D eigenvalue weighted by molar-refractivity contribution is 5.71. The highest BCUT2D eigenvalue weighted by atomic mass is 16.6. The smallest absolute Gasteiger partial charge is 0.306 e. The van der Waals surface area contributed by atoms with Crippen molar-refractivity contribution in [3.8, 4) is 0 Å². The van der Waals surface area contributed by atoms with E-state index >= 15 is 0 Å². The summed E-state index contributed by atoms with van der Waals surface area (Å²) < 4.78 is 16.9. The van der Waals surface area contributed by atoms with E-state index in [1.807, 2.05) is 0 Å². The second kappa shape index (κ2) is 57.0. The first-order chi connectivity index (χ1) is 33.5. The van der Waals surface area contributed by atoms with E-state index in [9.17, 15) is 14.4 Å². The lowest BCUT2D eigenvalue weighted by atomic mass is 10.0. The fraction of sp³-hybridized carbons (Fsp3) is 0.823. The number of carbonyl (C=O) groups excluding carboxylic acids is 3. The summed E-state index contributed by atoms with van der Waals surface area (Å²) in [6.45, 7) is 6.63. The second-order valence-electron chi connectivity index (χ2n) is 19.9. The van der Waals surface area contributed by atoms with Crippen LogP contribution in [0.4, 0.5) is 0 Å². The molecule has 0 unspecified atom stereocenters. The van der Waals surface area contributed by atoms with Crippen molar-refractivity contribution in [1.82, 2.24) is 0 Å². The van der Waals surface area contributed by atoms with Crippen LogP contribution in [0.15, 0.2) is 48.6 Å². The van der Waals surface area contributed by atoms with Crippen molar-refractivity contribution in [2.75, 3.05) is 13.2 Å². The average Bonchev–Trinajstić information content (AvgIpc) is 3.34. The van der Waals surface area contributed by atoms with Gasteiger partial charge in [-0.15, -0.1) is 0 Å². The number of hydrogen-bond acceptors (Lipinski definition) is 6. The summed E-state index contributed by atoms with van der Waals surface area (Å²) in [5, 5.41) is 0. The monoisotopic (exact) mass is 953 g/mol. The van der Waals surface area contributed by atoms with E-state index in [0.717, 1.165) is 83.5 Å². The molecule has 0 aliphatic heterocycles. The predicted molar refractivity (Wildman–Crippen MR) is 293 cm³/mol. The van der Waals surface area contributed by atoms with Crippen molar-refractivity contribution in [3.63, 3.8) is 0 Å². The van der Waals surface area contributed by atoms with Gasteiger partial charge in [0.25, 0.3) is 0 Å². The first-order valence-electron chi connectivity index (χ1n) is 29.6. The lowest BCUT2D eigenvalue weighted by molar-refractivity contribution is -0.167. The normalized spacial score (nSPS) is 12.3. The number of allylic oxidation sites excluding steroid dienone is 8. The number of hydrogen-bond donors (Lipinski definition) is 0. The third kappa shape index (κ3) is 54.3. The summed E-state index contributed by atoms with van der Waals surface area (Å²) in [5.41, 5.74) is 0. The lowest BCUT2D eigenvalue weighted by Gasteiger charge is -2.18. The van der Waals surface area contributed by atoms with Crippen molar-refractivity contribution in [2.24, 2.45) is 0 Å². The van der Waals surface area contributed by atoms with Crippen LogP contribution in [0.3, 0.4) is 0 Å². The zero-order chi connectivity index (χ0) is 49.3. The van der Waals surface area contributed by atoms with Gasteiger partial charge in [-0.1, -0.05) is 275 Å². The molecule has 0 bridgehead atoms. The third-order valence-corrected chi connectivity index (χ3v) is 13.1. The Balaban J connectivity index is 4.38. The predicted octanol–water partition coefficient (Wildman–Crippen LogP) is 19.8. The first-order valence-corrected chi connectivity index (χ1v) is 29.6. The van der Waals surface area contributed by atoms with Crippen molar-refractivity contribution in [3.05, 3.63) is 48.6 Å². The fourth-order valence-electron chi connectivity index (χ4n) is 8.60. The molecular weight excluding hydrogens is 841 g/mol. The number of carbonyl (C=O) groups is 3.